The van der Waals surface area contributed by atoms with Crippen molar-refractivity contribution in [2.75, 3.05) is 40.4 Å². The van der Waals surface area contributed by atoms with Gasteiger partial charge in [0, 0.05) is 25.8 Å². The molecule has 0 bridgehead atoms. The molecule has 21 heavy (non-hydrogen) atoms. The molecule has 1 aliphatic heterocycles. The van der Waals surface area contributed by atoms with E-state index < -0.39 is 0 Å². The van der Waals surface area contributed by atoms with Gasteiger partial charge in [-0.25, -0.2) is 4.39 Å². The zero-order valence-corrected chi connectivity index (χ0v) is 13.1. The van der Waals surface area contributed by atoms with E-state index in [2.05, 4.69) is 17.3 Å². The summed E-state index contributed by atoms with van der Waals surface area (Å²) in [5, 5.41) is 3.29. The molecule has 1 atom stereocenters. The Bertz CT molecular complexity index is 421. The molecule has 1 aromatic rings. The molecule has 1 aromatic carbocycles. The largest absolute Gasteiger partial charge is 0.381 e. The van der Waals surface area contributed by atoms with Crippen LogP contribution < -0.4 is 5.32 Å². The molecular weight excluding hydrogens is 267 g/mol. The minimum absolute atomic E-state index is 0.164. The summed E-state index contributed by atoms with van der Waals surface area (Å²) >= 11 is 0. The lowest BCUT2D eigenvalue weighted by Gasteiger charge is -2.28. The van der Waals surface area contributed by atoms with Gasteiger partial charge in [0.25, 0.3) is 0 Å². The van der Waals surface area contributed by atoms with Gasteiger partial charge in [-0.2, -0.15) is 0 Å². The maximum atomic E-state index is 13.3. The van der Waals surface area contributed by atoms with Gasteiger partial charge in [-0.1, -0.05) is 12.1 Å². The Hall–Kier alpha value is -0.970. The van der Waals surface area contributed by atoms with Gasteiger partial charge >= 0.3 is 0 Å². The van der Waals surface area contributed by atoms with Crippen LogP contribution in [0.2, 0.25) is 0 Å². The van der Waals surface area contributed by atoms with Gasteiger partial charge < -0.3 is 15.0 Å². The molecule has 1 unspecified atom stereocenters. The Morgan fingerprint density at radius 1 is 1.38 bits per heavy atom. The molecule has 1 N–H and O–H groups in total. The highest BCUT2D eigenvalue weighted by molar-refractivity contribution is 5.20. The SMILES string of the molecule is CNC(CCN(C)CC1CCOCC1)c1cccc(F)c1. The van der Waals surface area contributed by atoms with Crippen LogP contribution in [0, 0.1) is 11.7 Å². The zero-order valence-electron chi connectivity index (χ0n) is 13.1. The van der Waals surface area contributed by atoms with Crippen molar-refractivity contribution in [1.82, 2.24) is 10.2 Å². The van der Waals surface area contributed by atoms with Gasteiger partial charge in [0.1, 0.15) is 5.82 Å². The lowest BCUT2D eigenvalue weighted by atomic mass is 9.99. The summed E-state index contributed by atoms with van der Waals surface area (Å²) in [6, 6.07) is 7.09. The quantitative estimate of drug-likeness (QED) is 0.837. The Balaban J connectivity index is 1.79. The van der Waals surface area contributed by atoms with E-state index in [9.17, 15) is 4.39 Å². The van der Waals surface area contributed by atoms with Crippen molar-refractivity contribution in [3.8, 4) is 0 Å². The number of nitrogens with zero attached hydrogens (tertiary/aromatic N) is 1. The number of hydrogen-bond acceptors (Lipinski definition) is 3. The molecule has 4 heteroatoms. The molecule has 1 fully saturated rings. The second-order valence-electron chi connectivity index (χ2n) is 6.00. The molecule has 0 aromatic heterocycles. The monoisotopic (exact) mass is 294 g/mol. The number of ether oxygens (including phenoxy) is 1. The highest BCUT2D eigenvalue weighted by Gasteiger charge is 2.17. The van der Waals surface area contributed by atoms with Crippen LogP contribution in [0.3, 0.4) is 0 Å². The topological polar surface area (TPSA) is 24.5 Å². The highest BCUT2D eigenvalue weighted by atomic mass is 19.1. The van der Waals surface area contributed by atoms with Crippen LogP contribution in [0.4, 0.5) is 4.39 Å². The van der Waals surface area contributed by atoms with Crippen molar-refractivity contribution in [3.63, 3.8) is 0 Å². The van der Waals surface area contributed by atoms with Crippen molar-refractivity contribution in [3.05, 3.63) is 35.6 Å². The Morgan fingerprint density at radius 2 is 2.14 bits per heavy atom. The summed E-state index contributed by atoms with van der Waals surface area (Å²) < 4.78 is 18.7. The third-order valence-corrected chi connectivity index (χ3v) is 4.31. The molecule has 1 saturated heterocycles. The molecule has 0 radical (unpaired) electrons. The van der Waals surface area contributed by atoms with Crippen molar-refractivity contribution < 1.29 is 9.13 Å². The number of halogens is 1. The van der Waals surface area contributed by atoms with Crippen LogP contribution >= 0.6 is 0 Å². The molecule has 0 saturated carbocycles. The molecule has 1 heterocycles. The Morgan fingerprint density at radius 3 is 2.81 bits per heavy atom. The van der Waals surface area contributed by atoms with Crippen LogP contribution in [-0.4, -0.2) is 45.3 Å². The summed E-state index contributed by atoms with van der Waals surface area (Å²) in [4.78, 5) is 2.39. The molecule has 118 valence electrons. The molecule has 0 spiro atoms. The summed E-state index contributed by atoms with van der Waals surface area (Å²) in [7, 11) is 4.11. The average Bonchev–Trinajstić information content (AvgIpc) is 2.49. The predicted molar refractivity (Wildman–Crippen MR) is 83.9 cm³/mol. The number of rotatable bonds is 7. The molecule has 3 nitrogen and oxygen atoms in total. The number of hydrogen-bond donors (Lipinski definition) is 1. The lowest BCUT2D eigenvalue weighted by molar-refractivity contribution is 0.0553. The van der Waals surface area contributed by atoms with Crippen LogP contribution in [0.15, 0.2) is 24.3 Å². The van der Waals surface area contributed by atoms with Crippen molar-refractivity contribution >= 4 is 0 Å². The van der Waals surface area contributed by atoms with Crippen LogP contribution in [0.1, 0.15) is 30.9 Å². The third-order valence-electron chi connectivity index (χ3n) is 4.31. The summed E-state index contributed by atoms with van der Waals surface area (Å²) in [5.74, 6) is 0.592. The Labute approximate surface area is 127 Å². The second-order valence-corrected chi connectivity index (χ2v) is 6.00. The summed E-state index contributed by atoms with van der Waals surface area (Å²) in [6.07, 6.45) is 3.33. The fourth-order valence-electron chi connectivity index (χ4n) is 3.01. The van der Waals surface area contributed by atoms with Gasteiger partial charge in [0.05, 0.1) is 0 Å². The van der Waals surface area contributed by atoms with E-state index in [1.165, 1.54) is 18.9 Å². The van der Waals surface area contributed by atoms with Gasteiger partial charge in [-0.3, -0.25) is 0 Å². The molecular formula is C17H27FN2O. The highest BCUT2D eigenvalue weighted by Crippen LogP contribution is 2.19. The average molecular weight is 294 g/mol. The maximum Gasteiger partial charge on any atom is 0.123 e. The van der Waals surface area contributed by atoms with E-state index >= 15 is 0 Å². The van der Waals surface area contributed by atoms with E-state index in [1.807, 2.05) is 13.1 Å². The molecule has 1 aliphatic rings. The summed E-state index contributed by atoms with van der Waals surface area (Å²) in [6.45, 7) is 3.95. The van der Waals surface area contributed by atoms with Gasteiger partial charge in [-0.05, 0) is 63.5 Å². The van der Waals surface area contributed by atoms with E-state index in [0.29, 0.717) is 0 Å². The maximum absolute atomic E-state index is 13.3. The van der Waals surface area contributed by atoms with Crippen molar-refractivity contribution in [1.29, 1.82) is 0 Å². The second kappa shape index (κ2) is 8.47. The standard InChI is InChI=1S/C17H27FN2O/c1-19-17(15-4-3-5-16(18)12-15)6-9-20(2)13-14-7-10-21-11-8-14/h3-5,12,14,17,19H,6-11,13H2,1-2H3. The van der Waals surface area contributed by atoms with Crippen molar-refractivity contribution in [2.45, 2.75) is 25.3 Å². The van der Waals surface area contributed by atoms with Gasteiger partial charge in [-0.15, -0.1) is 0 Å². The normalized spacial score (nSPS) is 18.1. The smallest absolute Gasteiger partial charge is 0.123 e. The summed E-state index contributed by atoms with van der Waals surface area (Å²) in [5.41, 5.74) is 1.02. The molecule has 0 aliphatic carbocycles. The fraction of sp³-hybridized carbons (Fsp3) is 0.647. The van der Waals surface area contributed by atoms with E-state index in [4.69, 9.17) is 4.74 Å². The zero-order chi connectivity index (χ0) is 15.1. The minimum Gasteiger partial charge on any atom is -0.381 e. The molecule has 0 amide bonds. The first-order valence-electron chi connectivity index (χ1n) is 7.88. The van der Waals surface area contributed by atoms with Crippen molar-refractivity contribution in [2.24, 2.45) is 5.92 Å². The van der Waals surface area contributed by atoms with E-state index in [0.717, 1.165) is 44.2 Å². The predicted octanol–water partition coefficient (Wildman–Crippen LogP) is 2.83. The van der Waals surface area contributed by atoms with Gasteiger partial charge in [0.15, 0.2) is 0 Å². The third kappa shape index (κ3) is 5.38. The van der Waals surface area contributed by atoms with E-state index in [-0.39, 0.29) is 11.9 Å². The lowest BCUT2D eigenvalue weighted by Crippen LogP contribution is -2.32. The number of nitrogens with one attached hydrogen (secondary N) is 1. The van der Waals surface area contributed by atoms with Crippen LogP contribution in [-0.2, 0) is 4.74 Å². The number of benzene rings is 1. The fourth-order valence-corrected chi connectivity index (χ4v) is 3.01. The first kappa shape index (κ1) is 16.4. The Kier molecular flexibility index (Phi) is 6.61. The first-order chi connectivity index (χ1) is 10.2. The minimum atomic E-state index is -0.164. The van der Waals surface area contributed by atoms with Gasteiger partial charge in [0.2, 0.25) is 0 Å². The molecule has 2 rings (SSSR count). The first-order valence-corrected chi connectivity index (χ1v) is 7.88. The van der Waals surface area contributed by atoms with Crippen LogP contribution in [0.25, 0.3) is 0 Å². The van der Waals surface area contributed by atoms with E-state index in [1.54, 1.807) is 12.1 Å². The van der Waals surface area contributed by atoms with Crippen LogP contribution in [0.5, 0.6) is 0 Å².